The SMILES string of the molecule is COc1ncc(Cl)c(C(F)F)c1C(=O)c1cc(C)c(OC)c(OC)c1OC. The summed E-state index contributed by atoms with van der Waals surface area (Å²) in [6.07, 6.45) is -2.00. The summed E-state index contributed by atoms with van der Waals surface area (Å²) >= 11 is 5.87. The lowest BCUT2D eigenvalue weighted by Gasteiger charge is -2.19. The summed E-state index contributed by atoms with van der Waals surface area (Å²) in [6, 6.07) is 1.46. The van der Waals surface area contributed by atoms with Gasteiger partial charge in [-0.25, -0.2) is 13.8 Å². The molecule has 0 saturated heterocycles. The van der Waals surface area contributed by atoms with E-state index in [0.29, 0.717) is 11.3 Å². The molecule has 146 valence electrons. The van der Waals surface area contributed by atoms with Crippen molar-refractivity contribution in [2.45, 2.75) is 13.3 Å². The highest BCUT2D eigenvalue weighted by molar-refractivity contribution is 6.32. The summed E-state index contributed by atoms with van der Waals surface area (Å²) in [4.78, 5) is 17.1. The van der Waals surface area contributed by atoms with Crippen molar-refractivity contribution in [3.63, 3.8) is 0 Å². The van der Waals surface area contributed by atoms with Crippen LogP contribution in [0.5, 0.6) is 23.1 Å². The second-order valence-corrected chi connectivity index (χ2v) is 5.78. The van der Waals surface area contributed by atoms with Crippen LogP contribution in [0.2, 0.25) is 5.02 Å². The van der Waals surface area contributed by atoms with Crippen LogP contribution in [0.1, 0.15) is 33.5 Å². The van der Waals surface area contributed by atoms with E-state index in [4.69, 9.17) is 30.5 Å². The van der Waals surface area contributed by atoms with Crippen molar-refractivity contribution in [3.8, 4) is 23.1 Å². The number of aromatic nitrogens is 1. The maximum atomic E-state index is 13.6. The fourth-order valence-electron chi connectivity index (χ4n) is 2.77. The molecule has 0 unspecified atom stereocenters. The number of carbonyl (C=O) groups excluding carboxylic acids is 1. The first kappa shape index (κ1) is 20.7. The van der Waals surface area contributed by atoms with Gasteiger partial charge in [0.15, 0.2) is 11.5 Å². The van der Waals surface area contributed by atoms with E-state index >= 15 is 0 Å². The van der Waals surface area contributed by atoms with Crippen molar-refractivity contribution in [1.82, 2.24) is 4.98 Å². The second-order valence-electron chi connectivity index (χ2n) is 5.37. The molecule has 9 heteroatoms. The van der Waals surface area contributed by atoms with Crippen molar-refractivity contribution >= 4 is 17.4 Å². The molecule has 2 aromatic rings. The molecule has 0 atom stereocenters. The standard InChI is InChI=1S/C18H18ClF2NO5/c1-8-6-9(15(25-3)16(26-4)14(8)24-2)13(23)12-11(17(20)21)10(19)7-22-18(12)27-5/h6-7,17H,1-5H3. The van der Waals surface area contributed by atoms with Gasteiger partial charge in [-0.1, -0.05) is 11.6 Å². The van der Waals surface area contributed by atoms with Crippen molar-refractivity contribution in [2.75, 3.05) is 28.4 Å². The third kappa shape index (κ3) is 3.62. The van der Waals surface area contributed by atoms with Gasteiger partial charge in [-0.2, -0.15) is 0 Å². The minimum Gasteiger partial charge on any atom is -0.492 e. The number of benzene rings is 1. The van der Waals surface area contributed by atoms with Gasteiger partial charge in [-0.15, -0.1) is 0 Å². The van der Waals surface area contributed by atoms with Crippen molar-refractivity contribution < 1.29 is 32.5 Å². The van der Waals surface area contributed by atoms with E-state index in [1.54, 1.807) is 6.92 Å². The number of aryl methyl sites for hydroxylation is 1. The highest BCUT2D eigenvalue weighted by Crippen LogP contribution is 2.44. The Morgan fingerprint density at radius 2 is 1.63 bits per heavy atom. The molecule has 0 fully saturated rings. The predicted molar refractivity (Wildman–Crippen MR) is 95.0 cm³/mol. The summed E-state index contributed by atoms with van der Waals surface area (Å²) in [5.41, 5.74) is -0.573. The van der Waals surface area contributed by atoms with Crippen molar-refractivity contribution in [2.24, 2.45) is 0 Å². The normalized spacial score (nSPS) is 10.7. The Morgan fingerprint density at radius 3 is 2.11 bits per heavy atom. The maximum absolute atomic E-state index is 13.6. The van der Waals surface area contributed by atoms with Gasteiger partial charge in [-0.05, 0) is 18.6 Å². The molecule has 1 aromatic carbocycles. The van der Waals surface area contributed by atoms with Gasteiger partial charge < -0.3 is 18.9 Å². The average Bonchev–Trinajstić information content (AvgIpc) is 2.65. The smallest absolute Gasteiger partial charge is 0.266 e. The van der Waals surface area contributed by atoms with Crippen LogP contribution in [0.4, 0.5) is 8.78 Å². The first-order chi connectivity index (χ1) is 12.8. The molecule has 27 heavy (non-hydrogen) atoms. The maximum Gasteiger partial charge on any atom is 0.266 e. The van der Waals surface area contributed by atoms with Gasteiger partial charge in [0.25, 0.3) is 6.43 Å². The number of nitrogens with zero attached hydrogens (tertiary/aromatic N) is 1. The van der Waals surface area contributed by atoms with Crippen molar-refractivity contribution in [1.29, 1.82) is 0 Å². The van der Waals surface area contributed by atoms with E-state index in [0.717, 1.165) is 6.20 Å². The Morgan fingerprint density at radius 1 is 1.04 bits per heavy atom. The molecule has 0 saturated carbocycles. The van der Waals surface area contributed by atoms with Gasteiger partial charge in [0.05, 0.1) is 56.3 Å². The predicted octanol–water partition coefficient (Wildman–Crippen LogP) is 4.25. The number of rotatable bonds is 7. The Balaban J connectivity index is 2.84. The summed E-state index contributed by atoms with van der Waals surface area (Å²) in [5, 5.41) is -0.342. The Hall–Kier alpha value is -2.61. The van der Waals surface area contributed by atoms with Gasteiger partial charge in [0.1, 0.15) is 0 Å². The highest BCUT2D eigenvalue weighted by atomic mass is 35.5. The lowest BCUT2D eigenvalue weighted by Crippen LogP contribution is -2.13. The number of carbonyl (C=O) groups is 1. The summed E-state index contributed by atoms with van der Waals surface area (Å²) in [6.45, 7) is 1.68. The molecule has 0 aliphatic heterocycles. The van der Waals surface area contributed by atoms with E-state index in [-0.39, 0.29) is 28.0 Å². The number of halogens is 3. The van der Waals surface area contributed by atoms with Crippen LogP contribution in [0.15, 0.2) is 12.3 Å². The Bertz CT molecular complexity index is 874. The molecule has 0 aliphatic carbocycles. The third-order valence-corrected chi connectivity index (χ3v) is 4.21. The minimum atomic E-state index is -3.01. The Kier molecular flexibility index (Phi) is 6.43. The monoisotopic (exact) mass is 401 g/mol. The van der Waals surface area contributed by atoms with E-state index in [1.807, 2.05) is 0 Å². The Labute approximate surface area is 160 Å². The van der Waals surface area contributed by atoms with Crippen LogP contribution in [0.3, 0.4) is 0 Å². The van der Waals surface area contributed by atoms with Gasteiger partial charge >= 0.3 is 0 Å². The number of ketones is 1. The van der Waals surface area contributed by atoms with Gasteiger partial charge in [0, 0.05) is 0 Å². The molecule has 0 spiro atoms. The molecular weight excluding hydrogens is 384 g/mol. The average molecular weight is 402 g/mol. The van der Waals surface area contributed by atoms with Gasteiger partial charge in [-0.3, -0.25) is 4.79 Å². The zero-order valence-corrected chi connectivity index (χ0v) is 16.1. The number of pyridine rings is 1. The lowest BCUT2D eigenvalue weighted by atomic mass is 9.96. The molecule has 1 aromatic heterocycles. The van der Waals surface area contributed by atoms with Crippen LogP contribution >= 0.6 is 11.6 Å². The fourth-order valence-corrected chi connectivity index (χ4v) is 2.99. The minimum absolute atomic E-state index is 0.0167. The summed E-state index contributed by atoms with van der Waals surface area (Å²) < 4.78 is 48.1. The number of hydrogen-bond acceptors (Lipinski definition) is 6. The number of methoxy groups -OCH3 is 4. The summed E-state index contributed by atoms with van der Waals surface area (Å²) in [5.74, 6) is -0.508. The molecule has 0 bridgehead atoms. The number of ether oxygens (including phenoxy) is 4. The second kappa shape index (κ2) is 8.39. The lowest BCUT2D eigenvalue weighted by molar-refractivity contribution is 0.101. The van der Waals surface area contributed by atoms with E-state index in [1.165, 1.54) is 34.5 Å². The van der Waals surface area contributed by atoms with Crippen molar-refractivity contribution in [3.05, 3.63) is 39.5 Å². The molecule has 0 amide bonds. The van der Waals surface area contributed by atoms with Crippen LogP contribution in [-0.2, 0) is 0 Å². The molecule has 0 radical (unpaired) electrons. The molecule has 0 N–H and O–H groups in total. The van der Waals surface area contributed by atoms with Crippen LogP contribution in [0.25, 0.3) is 0 Å². The topological polar surface area (TPSA) is 66.9 Å². The first-order valence-corrected chi connectivity index (χ1v) is 8.04. The first-order valence-electron chi connectivity index (χ1n) is 7.67. The van der Waals surface area contributed by atoms with Crippen LogP contribution in [-0.4, -0.2) is 39.2 Å². The highest BCUT2D eigenvalue weighted by Gasteiger charge is 2.31. The zero-order chi connectivity index (χ0) is 20.3. The summed E-state index contributed by atoms with van der Waals surface area (Å²) in [7, 11) is 5.36. The van der Waals surface area contributed by atoms with E-state index in [9.17, 15) is 13.6 Å². The fraction of sp³-hybridized carbons (Fsp3) is 0.333. The largest absolute Gasteiger partial charge is 0.492 e. The quantitative estimate of drug-likeness (QED) is 0.646. The van der Waals surface area contributed by atoms with Crippen LogP contribution in [0, 0.1) is 6.92 Å². The molecular formula is C18H18ClF2NO5. The molecule has 0 aliphatic rings. The van der Waals surface area contributed by atoms with E-state index in [2.05, 4.69) is 4.98 Å². The molecule has 2 rings (SSSR count). The third-order valence-electron chi connectivity index (χ3n) is 3.91. The van der Waals surface area contributed by atoms with Gasteiger partial charge in [0.2, 0.25) is 17.4 Å². The van der Waals surface area contributed by atoms with Crippen LogP contribution < -0.4 is 18.9 Å². The number of alkyl halides is 2. The van der Waals surface area contributed by atoms with E-state index < -0.39 is 23.3 Å². The molecule has 1 heterocycles. The number of hydrogen-bond donors (Lipinski definition) is 0. The zero-order valence-electron chi connectivity index (χ0n) is 15.4. The molecule has 6 nitrogen and oxygen atoms in total.